The van der Waals surface area contributed by atoms with E-state index in [9.17, 15) is 18.0 Å². The number of nitrogens with two attached hydrogens (primary N) is 1. The summed E-state index contributed by atoms with van der Waals surface area (Å²) in [6.45, 7) is 1.86. The third-order valence-corrected chi connectivity index (χ3v) is 3.32. The molecule has 0 saturated heterocycles. The van der Waals surface area contributed by atoms with Crippen molar-refractivity contribution >= 4 is 47.2 Å². The minimum atomic E-state index is -4.73. The molecule has 2 aromatic carbocycles. The molecule has 0 aliphatic heterocycles. The fourth-order valence-electron chi connectivity index (χ4n) is 2.19. The summed E-state index contributed by atoms with van der Waals surface area (Å²) in [6, 6.07) is 12.5. The van der Waals surface area contributed by atoms with Crippen molar-refractivity contribution in [2.45, 2.75) is 19.7 Å². The van der Waals surface area contributed by atoms with Gasteiger partial charge in [-0.25, -0.2) is 0 Å². The molecule has 0 spiro atoms. The molecule has 2 rings (SSSR count). The van der Waals surface area contributed by atoms with Gasteiger partial charge in [-0.15, -0.1) is 37.1 Å². The monoisotopic (exact) mass is 508 g/mol. The molecule has 0 radical (unpaired) electrons. The number of alkyl halides is 3. The first kappa shape index (κ1) is 23.5. The Morgan fingerprint density at radius 1 is 1.04 bits per heavy atom. The van der Waals surface area contributed by atoms with Crippen LogP contribution in [-0.4, -0.2) is 24.8 Å². The molecule has 2 aromatic rings. The highest BCUT2D eigenvalue weighted by atomic mass is 127. The van der Waals surface area contributed by atoms with Gasteiger partial charge in [0.2, 0.25) is 5.91 Å². The Labute approximate surface area is 177 Å². The van der Waals surface area contributed by atoms with Crippen LogP contribution < -0.4 is 21.1 Å². The van der Waals surface area contributed by atoms with Crippen LogP contribution in [-0.2, 0) is 11.2 Å². The first-order valence-corrected chi connectivity index (χ1v) is 8.00. The highest BCUT2D eigenvalue weighted by molar-refractivity contribution is 14.0. The number of carbonyl (C=O) groups excluding carboxylic acids is 1. The third kappa shape index (κ3) is 8.93. The van der Waals surface area contributed by atoms with Crippen LogP contribution in [0.5, 0.6) is 5.75 Å². The van der Waals surface area contributed by atoms with Gasteiger partial charge < -0.3 is 21.1 Å². The van der Waals surface area contributed by atoms with Gasteiger partial charge in [-0.1, -0.05) is 12.1 Å². The van der Waals surface area contributed by atoms with E-state index in [0.29, 0.717) is 24.3 Å². The van der Waals surface area contributed by atoms with Crippen LogP contribution in [0.4, 0.5) is 24.5 Å². The fourth-order valence-corrected chi connectivity index (χ4v) is 2.19. The van der Waals surface area contributed by atoms with E-state index in [0.717, 1.165) is 5.56 Å². The average molecular weight is 508 g/mol. The normalized spacial score (nSPS) is 11.4. The van der Waals surface area contributed by atoms with Crippen LogP contribution in [0.25, 0.3) is 0 Å². The second kappa shape index (κ2) is 10.7. The number of amides is 1. The quantitative estimate of drug-likeness (QED) is 0.311. The highest BCUT2D eigenvalue weighted by Gasteiger charge is 2.30. The maximum atomic E-state index is 12.1. The smallest absolute Gasteiger partial charge is 0.406 e. The first-order chi connectivity index (χ1) is 12.7. The van der Waals surface area contributed by atoms with Gasteiger partial charge in [0.1, 0.15) is 5.75 Å². The van der Waals surface area contributed by atoms with E-state index in [1.807, 2.05) is 12.1 Å². The molecular weight excluding hydrogens is 488 g/mol. The van der Waals surface area contributed by atoms with Gasteiger partial charge in [-0.05, 0) is 48.4 Å². The predicted molar refractivity (Wildman–Crippen MR) is 113 cm³/mol. The molecule has 0 bridgehead atoms. The van der Waals surface area contributed by atoms with Gasteiger partial charge in [-0.3, -0.25) is 9.79 Å². The number of rotatable bonds is 6. The van der Waals surface area contributed by atoms with Crippen molar-refractivity contribution in [3.63, 3.8) is 0 Å². The zero-order chi connectivity index (χ0) is 19.9. The molecule has 152 valence electrons. The Bertz CT molecular complexity index is 794. The molecular formula is C18H20F3IN4O2. The van der Waals surface area contributed by atoms with E-state index in [2.05, 4.69) is 20.4 Å². The van der Waals surface area contributed by atoms with E-state index in [-0.39, 0.29) is 41.6 Å². The average Bonchev–Trinajstić information content (AvgIpc) is 2.56. The van der Waals surface area contributed by atoms with Gasteiger partial charge in [0.25, 0.3) is 0 Å². The molecule has 0 fully saturated rings. The summed E-state index contributed by atoms with van der Waals surface area (Å²) >= 11 is 0. The number of anilines is 2. The number of nitrogens with one attached hydrogen (secondary N) is 2. The zero-order valence-electron chi connectivity index (χ0n) is 14.9. The van der Waals surface area contributed by atoms with Gasteiger partial charge in [0, 0.05) is 24.8 Å². The van der Waals surface area contributed by atoms with Crippen molar-refractivity contribution in [3.05, 3.63) is 54.1 Å². The number of guanidine groups is 1. The summed E-state index contributed by atoms with van der Waals surface area (Å²) in [5.74, 6) is -0.301. The number of halogens is 4. The Balaban J connectivity index is 0.00000392. The highest BCUT2D eigenvalue weighted by Crippen LogP contribution is 2.23. The van der Waals surface area contributed by atoms with Gasteiger partial charge >= 0.3 is 6.36 Å². The molecule has 0 aliphatic rings. The van der Waals surface area contributed by atoms with Crippen molar-refractivity contribution in [3.8, 4) is 5.75 Å². The van der Waals surface area contributed by atoms with E-state index >= 15 is 0 Å². The second-order valence-corrected chi connectivity index (χ2v) is 5.59. The third-order valence-electron chi connectivity index (χ3n) is 3.32. The lowest BCUT2D eigenvalue weighted by Gasteiger charge is -2.10. The van der Waals surface area contributed by atoms with Crippen LogP contribution in [0.15, 0.2) is 53.5 Å². The number of benzene rings is 2. The SMILES string of the molecule is CC(=O)Nc1ccc(CCN=C(N)Nc2ccc(OC(F)(F)F)cc2)cc1.I. The summed E-state index contributed by atoms with van der Waals surface area (Å²) in [6.07, 6.45) is -4.09. The number of aliphatic imine (C=N–C) groups is 1. The van der Waals surface area contributed by atoms with Crippen LogP contribution in [0, 0.1) is 0 Å². The largest absolute Gasteiger partial charge is 0.573 e. The summed E-state index contributed by atoms with van der Waals surface area (Å²) in [5.41, 5.74) is 8.00. The molecule has 0 aromatic heterocycles. The maximum Gasteiger partial charge on any atom is 0.573 e. The molecule has 28 heavy (non-hydrogen) atoms. The Hall–Kier alpha value is -2.50. The standard InChI is InChI=1S/C18H19F3N4O2.HI/c1-12(26)24-14-4-2-13(3-5-14)10-11-23-17(22)25-15-6-8-16(9-7-15)27-18(19,20)21;/h2-9H,10-11H2,1H3,(H,24,26)(H3,22,23,25);1H. The van der Waals surface area contributed by atoms with Crippen molar-refractivity contribution in [1.82, 2.24) is 0 Å². The maximum absolute atomic E-state index is 12.1. The van der Waals surface area contributed by atoms with Gasteiger partial charge in [0.05, 0.1) is 0 Å². The van der Waals surface area contributed by atoms with E-state index in [1.165, 1.54) is 31.2 Å². The predicted octanol–water partition coefficient (Wildman–Crippen LogP) is 4.13. The number of nitrogens with zero attached hydrogens (tertiary/aromatic N) is 1. The number of ether oxygens (including phenoxy) is 1. The fraction of sp³-hybridized carbons (Fsp3) is 0.222. The van der Waals surface area contributed by atoms with Gasteiger partial charge in [-0.2, -0.15) is 0 Å². The van der Waals surface area contributed by atoms with E-state index in [4.69, 9.17) is 5.73 Å². The lowest BCUT2D eigenvalue weighted by Crippen LogP contribution is -2.23. The number of carbonyl (C=O) groups is 1. The van der Waals surface area contributed by atoms with Crippen LogP contribution >= 0.6 is 24.0 Å². The molecule has 0 saturated carbocycles. The summed E-state index contributed by atoms with van der Waals surface area (Å²) in [7, 11) is 0. The topological polar surface area (TPSA) is 88.7 Å². The van der Waals surface area contributed by atoms with Crippen molar-refractivity contribution in [2.75, 3.05) is 17.2 Å². The Morgan fingerprint density at radius 2 is 1.57 bits per heavy atom. The first-order valence-electron chi connectivity index (χ1n) is 8.00. The van der Waals surface area contributed by atoms with E-state index < -0.39 is 6.36 Å². The van der Waals surface area contributed by atoms with Crippen molar-refractivity contribution < 1.29 is 22.7 Å². The summed E-state index contributed by atoms with van der Waals surface area (Å²) < 4.78 is 40.1. The molecule has 0 atom stereocenters. The van der Waals surface area contributed by atoms with Crippen LogP contribution in [0.3, 0.4) is 0 Å². The molecule has 6 nitrogen and oxygen atoms in total. The Morgan fingerprint density at radius 3 is 2.11 bits per heavy atom. The lowest BCUT2D eigenvalue weighted by molar-refractivity contribution is -0.274. The molecule has 0 unspecified atom stereocenters. The zero-order valence-corrected chi connectivity index (χ0v) is 17.2. The molecule has 4 N–H and O–H groups in total. The van der Waals surface area contributed by atoms with Crippen LogP contribution in [0.2, 0.25) is 0 Å². The molecule has 1 amide bonds. The van der Waals surface area contributed by atoms with Crippen molar-refractivity contribution in [2.24, 2.45) is 10.7 Å². The minimum absolute atomic E-state index is 0. The van der Waals surface area contributed by atoms with E-state index in [1.54, 1.807) is 12.1 Å². The number of hydrogen-bond acceptors (Lipinski definition) is 3. The summed E-state index contributed by atoms with van der Waals surface area (Å²) in [4.78, 5) is 15.1. The minimum Gasteiger partial charge on any atom is -0.406 e. The molecule has 0 heterocycles. The summed E-state index contributed by atoms with van der Waals surface area (Å²) in [5, 5.41) is 5.47. The van der Waals surface area contributed by atoms with Gasteiger partial charge in [0.15, 0.2) is 5.96 Å². The van der Waals surface area contributed by atoms with Crippen molar-refractivity contribution in [1.29, 1.82) is 0 Å². The van der Waals surface area contributed by atoms with Crippen LogP contribution in [0.1, 0.15) is 12.5 Å². The second-order valence-electron chi connectivity index (χ2n) is 5.59. The number of hydrogen-bond donors (Lipinski definition) is 3. The lowest BCUT2D eigenvalue weighted by atomic mass is 10.1. The Kier molecular flexibility index (Phi) is 9.03. The molecule has 10 heteroatoms. The molecule has 0 aliphatic carbocycles.